The molecule has 2 aromatic rings. The van der Waals surface area contributed by atoms with E-state index in [2.05, 4.69) is 10.2 Å². The largest absolute Gasteiger partial charge is 0.378 e. The van der Waals surface area contributed by atoms with Crippen LogP contribution < -0.4 is 10.2 Å². The van der Waals surface area contributed by atoms with Crippen LogP contribution in [0.25, 0.3) is 5.57 Å². The quantitative estimate of drug-likeness (QED) is 0.875. The first-order valence-corrected chi connectivity index (χ1v) is 8.20. The van der Waals surface area contributed by atoms with Crippen LogP contribution in [0.2, 0.25) is 0 Å². The van der Waals surface area contributed by atoms with E-state index in [4.69, 9.17) is 4.74 Å². The van der Waals surface area contributed by atoms with Gasteiger partial charge in [0.2, 0.25) is 5.91 Å². The highest BCUT2D eigenvalue weighted by molar-refractivity contribution is 6.05. The highest BCUT2D eigenvalue weighted by Crippen LogP contribution is 2.26. The van der Waals surface area contributed by atoms with E-state index in [0.717, 1.165) is 48.8 Å². The number of benzene rings is 2. The average Bonchev–Trinajstić information content (AvgIpc) is 2.63. The van der Waals surface area contributed by atoms with Crippen molar-refractivity contribution in [2.75, 3.05) is 36.5 Å². The van der Waals surface area contributed by atoms with Gasteiger partial charge in [-0.25, -0.2) is 0 Å². The Balaban J connectivity index is 1.75. The van der Waals surface area contributed by atoms with Crippen LogP contribution in [0.3, 0.4) is 0 Å². The zero-order valence-corrected chi connectivity index (χ0v) is 13.9. The van der Waals surface area contributed by atoms with Crippen molar-refractivity contribution in [3.8, 4) is 0 Å². The van der Waals surface area contributed by atoms with Gasteiger partial charge >= 0.3 is 0 Å². The first-order chi connectivity index (χ1) is 11.7. The molecule has 0 atom stereocenters. The monoisotopic (exact) mass is 322 g/mol. The molecule has 2 aromatic carbocycles. The van der Waals surface area contributed by atoms with E-state index >= 15 is 0 Å². The van der Waals surface area contributed by atoms with Crippen LogP contribution in [0.5, 0.6) is 0 Å². The number of hydrogen-bond donors (Lipinski definition) is 1. The zero-order valence-electron chi connectivity index (χ0n) is 13.9. The van der Waals surface area contributed by atoms with Gasteiger partial charge in [0.05, 0.1) is 24.6 Å². The predicted octanol–water partition coefficient (Wildman–Crippen LogP) is 3.57. The topological polar surface area (TPSA) is 41.6 Å². The third-order valence-electron chi connectivity index (χ3n) is 4.09. The normalized spacial score (nSPS) is 15.2. The van der Waals surface area contributed by atoms with Gasteiger partial charge in [-0.05, 0) is 30.2 Å². The molecule has 4 heteroatoms. The molecule has 0 bridgehead atoms. The number of amides is 1. The van der Waals surface area contributed by atoms with Crippen molar-refractivity contribution in [3.63, 3.8) is 0 Å². The minimum atomic E-state index is -0.114. The van der Waals surface area contributed by atoms with Crippen molar-refractivity contribution in [1.29, 1.82) is 0 Å². The number of carbonyl (C=O) groups is 1. The van der Waals surface area contributed by atoms with Gasteiger partial charge in [0.1, 0.15) is 0 Å². The Morgan fingerprint density at radius 1 is 1.04 bits per heavy atom. The number of nitrogens with zero attached hydrogens (tertiary/aromatic N) is 1. The maximum atomic E-state index is 12.4. The molecule has 4 nitrogen and oxygen atoms in total. The van der Waals surface area contributed by atoms with E-state index in [0.29, 0.717) is 0 Å². The zero-order chi connectivity index (χ0) is 16.8. The van der Waals surface area contributed by atoms with E-state index in [9.17, 15) is 4.79 Å². The van der Waals surface area contributed by atoms with Crippen LogP contribution in [0.1, 0.15) is 12.5 Å². The first kappa shape index (κ1) is 16.3. The fourth-order valence-corrected chi connectivity index (χ4v) is 2.81. The number of carbonyl (C=O) groups excluding carboxylic acids is 1. The molecule has 24 heavy (non-hydrogen) atoms. The lowest BCUT2D eigenvalue weighted by Crippen LogP contribution is -2.36. The molecule has 1 aliphatic heterocycles. The molecule has 0 spiro atoms. The van der Waals surface area contributed by atoms with Gasteiger partial charge in [-0.3, -0.25) is 4.79 Å². The highest BCUT2D eigenvalue weighted by Gasteiger charge is 2.15. The number of para-hydroxylation sites is 2. The summed E-state index contributed by atoms with van der Waals surface area (Å²) in [5.41, 5.74) is 3.87. The molecule has 124 valence electrons. The summed E-state index contributed by atoms with van der Waals surface area (Å²) in [5.74, 6) is -0.114. The summed E-state index contributed by atoms with van der Waals surface area (Å²) in [5, 5.41) is 3.01. The Labute approximate surface area is 142 Å². The Kier molecular flexibility index (Phi) is 5.29. The van der Waals surface area contributed by atoms with Crippen LogP contribution in [-0.2, 0) is 9.53 Å². The van der Waals surface area contributed by atoms with Crippen molar-refractivity contribution in [1.82, 2.24) is 0 Å². The second-order valence-corrected chi connectivity index (χ2v) is 5.80. The van der Waals surface area contributed by atoms with E-state index < -0.39 is 0 Å². The Bertz CT molecular complexity index is 719. The summed E-state index contributed by atoms with van der Waals surface area (Å²) in [6.07, 6.45) is 1.64. The maximum absolute atomic E-state index is 12.4. The molecule has 0 radical (unpaired) electrons. The van der Waals surface area contributed by atoms with Gasteiger partial charge in [0.15, 0.2) is 0 Å². The summed E-state index contributed by atoms with van der Waals surface area (Å²) < 4.78 is 5.41. The predicted molar refractivity (Wildman–Crippen MR) is 98.2 cm³/mol. The summed E-state index contributed by atoms with van der Waals surface area (Å²) in [6, 6.07) is 17.8. The van der Waals surface area contributed by atoms with Gasteiger partial charge in [0.25, 0.3) is 0 Å². The molecule has 1 aliphatic rings. The third kappa shape index (κ3) is 4.03. The number of hydrogen-bond acceptors (Lipinski definition) is 3. The van der Waals surface area contributed by atoms with Gasteiger partial charge in [0, 0.05) is 19.2 Å². The lowest BCUT2D eigenvalue weighted by molar-refractivity contribution is -0.111. The molecule has 1 saturated heterocycles. The number of nitrogens with one attached hydrogen (secondary N) is 1. The summed E-state index contributed by atoms with van der Waals surface area (Å²) in [7, 11) is 0. The molecular formula is C20H22N2O2. The smallest absolute Gasteiger partial charge is 0.248 e. The van der Waals surface area contributed by atoms with Crippen molar-refractivity contribution in [3.05, 3.63) is 66.2 Å². The number of rotatable bonds is 4. The lowest BCUT2D eigenvalue weighted by atomic mass is 10.1. The van der Waals surface area contributed by atoms with Gasteiger partial charge in [-0.1, -0.05) is 42.5 Å². The Morgan fingerprint density at radius 2 is 1.71 bits per heavy atom. The van der Waals surface area contributed by atoms with E-state index in [1.165, 1.54) is 0 Å². The SMILES string of the molecule is C/C(=C\C(=O)Nc1ccccc1N1CCOCC1)c1ccccc1. The third-order valence-corrected chi connectivity index (χ3v) is 4.09. The minimum Gasteiger partial charge on any atom is -0.378 e. The maximum Gasteiger partial charge on any atom is 0.248 e. The molecule has 0 saturated carbocycles. The molecule has 0 aromatic heterocycles. The molecule has 1 heterocycles. The summed E-state index contributed by atoms with van der Waals surface area (Å²) >= 11 is 0. The Morgan fingerprint density at radius 3 is 2.46 bits per heavy atom. The molecule has 1 fully saturated rings. The summed E-state index contributed by atoms with van der Waals surface area (Å²) in [6.45, 7) is 5.06. The lowest BCUT2D eigenvalue weighted by Gasteiger charge is -2.30. The van der Waals surface area contributed by atoms with E-state index in [1.807, 2.05) is 61.5 Å². The molecule has 3 rings (SSSR count). The van der Waals surface area contributed by atoms with Crippen molar-refractivity contribution in [2.24, 2.45) is 0 Å². The van der Waals surface area contributed by atoms with Crippen molar-refractivity contribution >= 4 is 22.9 Å². The number of ether oxygens (including phenoxy) is 1. The van der Waals surface area contributed by atoms with Crippen LogP contribution in [0, 0.1) is 0 Å². The van der Waals surface area contributed by atoms with Crippen LogP contribution in [0.4, 0.5) is 11.4 Å². The van der Waals surface area contributed by atoms with Crippen molar-refractivity contribution < 1.29 is 9.53 Å². The second-order valence-electron chi connectivity index (χ2n) is 5.80. The fraction of sp³-hybridized carbons (Fsp3) is 0.250. The minimum absolute atomic E-state index is 0.114. The van der Waals surface area contributed by atoms with Crippen LogP contribution in [-0.4, -0.2) is 32.2 Å². The van der Waals surface area contributed by atoms with Gasteiger partial charge in [-0.15, -0.1) is 0 Å². The molecule has 0 aliphatic carbocycles. The molecular weight excluding hydrogens is 300 g/mol. The highest BCUT2D eigenvalue weighted by atomic mass is 16.5. The second kappa shape index (κ2) is 7.79. The summed E-state index contributed by atoms with van der Waals surface area (Å²) in [4.78, 5) is 14.6. The fourth-order valence-electron chi connectivity index (χ4n) is 2.81. The first-order valence-electron chi connectivity index (χ1n) is 8.20. The van der Waals surface area contributed by atoms with E-state index in [1.54, 1.807) is 6.08 Å². The standard InChI is InChI=1S/C20H22N2O2/c1-16(17-7-3-2-4-8-17)15-20(23)21-18-9-5-6-10-19(18)22-11-13-24-14-12-22/h2-10,15H,11-14H2,1H3,(H,21,23)/b16-15+. The number of morpholine rings is 1. The van der Waals surface area contributed by atoms with Gasteiger partial charge < -0.3 is 15.0 Å². The molecule has 1 N–H and O–H groups in total. The van der Waals surface area contributed by atoms with Gasteiger partial charge in [-0.2, -0.15) is 0 Å². The Hall–Kier alpha value is -2.59. The van der Waals surface area contributed by atoms with Crippen molar-refractivity contribution in [2.45, 2.75) is 6.92 Å². The number of allylic oxidation sites excluding steroid dienone is 1. The van der Waals surface area contributed by atoms with E-state index in [-0.39, 0.29) is 5.91 Å². The number of anilines is 2. The van der Waals surface area contributed by atoms with Crippen LogP contribution >= 0.6 is 0 Å². The molecule has 0 unspecified atom stereocenters. The average molecular weight is 322 g/mol. The van der Waals surface area contributed by atoms with Crippen LogP contribution in [0.15, 0.2) is 60.7 Å². The molecule has 1 amide bonds.